The van der Waals surface area contributed by atoms with Crippen LogP contribution < -0.4 is 5.32 Å². The molecule has 0 saturated heterocycles. The van der Waals surface area contributed by atoms with Gasteiger partial charge in [-0.1, -0.05) is 15.9 Å². The van der Waals surface area contributed by atoms with E-state index in [0.717, 1.165) is 6.07 Å². The summed E-state index contributed by atoms with van der Waals surface area (Å²) in [4.78, 5) is 0. The first-order chi connectivity index (χ1) is 8.95. The Balaban J connectivity index is 2.16. The van der Waals surface area contributed by atoms with Gasteiger partial charge in [-0.2, -0.15) is 0 Å². The summed E-state index contributed by atoms with van der Waals surface area (Å²) in [6.07, 6.45) is 0. The lowest BCUT2D eigenvalue weighted by Crippen LogP contribution is -2.02. The average molecular weight is 395 g/mol. The standard InChI is InChI=1S/C13H8Br2F3N/c14-8-1-7(2-9(16)3-8)6-19-13-4-10(15)11(17)5-12(13)18/h1-5,19H,6H2. The van der Waals surface area contributed by atoms with Gasteiger partial charge in [0.1, 0.15) is 17.5 Å². The van der Waals surface area contributed by atoms with E-state index in [-0.39, 0.29) is 22.5 Å². The van der Waals surface area contributed by atoms with Crippen LogP contribution in [0.2, 0.25) is 0 Å². The first-order valence-corrected chi connectivity index (χ1v) is 6.87. The lowest BCUT2D eigenvalue weighted by Gasteiger charge is -2.09. The molecule has 2 aromatic rings. The summed E-state index contributed by atoms with van der Waals surface area (Å²) in [5.74, 6) is -1.75. The van der Waals surface area contributed by atoms with Crippen molar-refractivity contribution in [3.63, 3.8) is 0 Å². The summed E-state index contributed by atoms with van der Waals surface area (Å²) in [5.41, 5.74) is 0.792. The molecule has 1 nitrogen and oxygen atoms in total. The van der Waals surface area contributed by atoms with Crippen LogP contribution in [0.15, 0.2) is 39.3 Å². The van der Waals surface area contributed by atoms with Gasteiger partial charge < -0.3 is 5.32 Å². The second-order valence-electron chi connectivity index (χ2n) is 3.88. The lowest BCUT2D eigenvalue weighted by molar-refractivity contribution is 0.580. The Morgan fingerprint density at radius 3 is 2.32 bits per heavy atom. The van der Waals surface area contributed by atoms with Crippen LogP contribution in [0, 0.1) is 17.5 Å². The van der Waals surface area contributed by atoms with Crippen molar-refractivity contribution >= 4 is 37.5 Å². The van der Waals surface area contributed by atoms with Crippen LogP contribution >= 0.6 is 31.9 Å². The summed E-state index contributed by atoms with van der Waals surface area (Å²) in [6, 6.07) is 6.48. The van der Waals surface area contributed by atoms with E-state index in [1.807, 2.05) is 0 Å². The van der Waals surface area contributed by atoms with Crippen LogP contribution in [0.3, 0.4) is 0 Å². The second kappa shape index (κ2) is 5.96. The number of hydrogen-bond acceptors (Lipinski definition) is 1. The second-order valence-corrected chi connectivity index (χ2v) is 5.65. The van der Waals surface area contributed by atoms with E-state index in [1.54, 1.807) is 6.07 Å². The quantitative estimate of drug-likeness (QED) is 0.702. The number of halogens is 5. The molecule has 0 heterocycles. The third-order valence-electron chi connectivity index (χ3n) is 2.42. The third-order valence-corrected chi connectivity index (χ3v) is 3.48. The number of nitrogens with one attached hydrogen (secondary N) is 1. The Morgan fingerprint density at radius 1 is 0.895 bits per heavy atom. The average Bonchev–Trinajstić information content (AvgIpc) is 2.31. The largest absolute Gasteiger partial charge is 0.379 e. The molecule has 0 radical (unpaired) electrons. The van der Waals surface area contributed by atoms with Crippen molar-refractivity contribution in [2.24, 2.45) is 0 Å². The van der Waals surface area contributed by atoms with E-state index >= 15 is 0 Å². The molecule has 0 aliphatic heterocycles. The fourth-order valence-electron chi connectivity index (χ4n) is 1.57. The van der Waals surface area contributed by atoms with Gasteiger partial charge >= 0.3 is 0 Å². The Kier molecular flexibility index (Phi) is 4.52. The van der Waals surface area contributed by atoms with Crippen molar-refractivity contribution < 1.29 is 13.2 Å². The number of hydrogen-bond donors (Lipinski definition) is 1. The van der Waals surface area contributed by atoms with Gasteiger partial charge in [0.05, 0.1) is 10.2 Å². The predicted molar refractivity (Wildman–Crippen MR) is 75.5 cm³/mol. The molecule has 0 aliphatic carbocycles. The van der Waals surface area contributed by atoms with Gasteiger partial charge in [-0.3, -0.25) is 0 Å². The maximum absolute atomic E-state index is 13.5. The van der Waals surface area contributed by atoms with Crippen molar-refractivity contribution in [2.45, 2.75) is 6.54 Å². The molecule has 2 rings (SSSR count). The highest BCUT2D eigenvalue weighted by Gasteiger charge is 2.08. The zero-order valence-electron chi connectivity index (χ0n) is 9.48. The van der Waals surface area contributed by atoms with Gasteiger partial charge in [0, 0.05) is 17.1 Å². The Labute approximate surface area is 125 Å². The molecule has 0 atom stereocenters. The molecule has 0 fully saturated rings. The highest BCUT2D eigenvalue weighted by molar-refractivity contribution is 9.10. The minimum atomic E-state index is -0.698. The van der Waals surface area contributed by atoms with E-state index in [0.29, 0.717) is 10.0 Å². The van der Waals surface area contributed by atoms with Gasteiger partial charge in [0.2, 0.25) is 0 Å². The SMILES string of the molecule is Fc1cc(Br)cc(CNc2cc(Br)c(F)cc2F)c1. The summed E-state index contributed by atoms with van der Waals surface area (Å²) in [5, 5.41) is 2.79. The third kappa shape index (κ3) is 3.73. The Morgan fingerprint density at radius 2 is 1.63 bits per heavy atom. The minimum Gasteiger partial charge on any atom is -0.379 e. The molecule has 19 heavy (non-hydrogen) atoms. The maximum atomic E-state index is 13.5. The van der Waals surface area contributed by atoms with Crippen LogP contribution in [0.4, 0.5) is 18.9 Å². The number of rotatable bonds is 3. The fraction of sp³-hybridized carbons (Fsp3) is 0.0769. The van der Waals surface area contributed by atoms with Crippen molar-refractivity contribution in [2.75, 3.05) is 5.32 Å². The van der Waals surface area contributed by atoms with Gasteiger partial charge in [-0.05, 0) is 45.8 Å². The van der Waals surface area contributed by atoms with Crippen molar-refractivity contribution in [1.82, 2.24) is 0 Å². The number of benzene rings is 2. The fourth-order valence-corrected chi connectivity index (χ4v) is 2.42. The highest BCUT2D eigenvalue weighted by atomic mass is 79.9. The van der Waals surface area contributed by atoms with E-state index in [2.05, 4.69) is 37.2 Å². The van der Waals surface area contributed by atoms with E-state index < -0.39 is 11.6 Å². The van der Waals surface area contributed by atoms with Crippen molar-refractivity contribution in [3.05, 3.63) is 62.3 Å². The molecule has 0 aromatic heterocycles. The Bertz CT molecular complexity index is 597. The Hall–Kier alpha value is -1.01. The molecule has 6 heteroatoms. The van der Waals surface area contributed by atoms with Gasteiger partial charge in [0.15, 0.2) is 0 Å². The summed E-state index contributed by atoms with van der Waals surface area (Å²) < 4.78 is 40.5. The molecule has 100 valence electrons. The topological polar surface area (TPSA) is 12.0 Å². The first-order valence-electron chi connectivity index (χ1n) is 5.29. The van der Waals surface area contributed by atoms with Gasteiger partial charge in [-0.15, -0.1) is 0 Å². The zero-order chi connectivity index (χ0) is 14.0. The smallest absolute Gasteiger partial charge is 0.149 e. The number of anilines is 1. The van der Waals surface area contributed by atoms with Crippen molar-refractivity contribution in [1.29, 1.82) is 0 Å². The van der Waals surface area contributed by atoms with Gasteiger partial charge in [-0.25, -0.2) is 13.2 Å². The normalized spacial score (nSPS) is 10.6. The molecule has 0 spiro atoms. The summed E-state index contributed by atoms with van der Waals surface area (Å²) in [7, 11) is 0. The molecule has 0 saturated carbocycles. The molecule has 2 aromatic carbocycles. The molecular formula is C13H8Br2F3N. The predicted octanol–water partition coefficient (Wildman–Crippen LogP) is 5.24. The van der Waals surface area contributed by atoms with E-state index in [1.165, 1.54) is 18.2 Å². The molecule has 0 amide bonds. The van der Waals surface area contributed by atoms with Crippen molar-refractivity contribution in [3.8, 4) is 0 Å². The van der Waals surface area contributed by atoms with Crippen LogP contribution in [-0.4, -0.2) is 0 Å². The zero-order valence-corrected chi connectivity index (χ0v) is 12.7. The molecule has 0 unspecified atom stereocenters. The summed E-state index contributed by atoms with van der Waals surface area (Å²) in [6.45, 7) is 0.228. The van der Waals surface area contributed by atoms with Crippen LogP contribution in [-0.2, 0) is 6.54 Å². The van der Waals surface area contributed by atoms with E-state index in [4.69, 9.17) is 0 Å². The highest BCUT2D eigenvalue weighted by Crippen LogP contribution is 2.24. The maximum Gasteiger partial charge on any atom is 0.149 e. The molecule has 1 N–H and O–H groups in total. The van der Waals surface area contributed by atoms with Gasteiger partial charge in [0.25, 0.3) is 0 Å². The van der Waals surface area contributed by atoms with E-state index in [9.17, 15) is 13.2 Å². The van der Waals surface area contributed by atoms with Crippen LogP contribution in [0.25, 0.3) is 0 Å². The molecule has 0 aliphatic rings. The van der Waals surface area contributed by atoms with Crippen LogP contribution in [0.5, 0.6) is 0 Å². The minimum absolute atomic E-state index is 0.147. The molecular weight excluding hydrogens is 387 g/mol. The summed E-state index contributed by atoms with van der Waals surface area (Å²) >= 11 is 6.16. The van der Waals surface area contributed by atoms with Crippen LogP contribution in [0.1, 0.15) is 5.56 Å². The monoisotopic (exact) mass is 393 g/mol. The lowest BCUT2D eigenvalue weighted by atomic mass is 10.2. The molecule has 0 bridgehead atoms. The first kappa shape index (κ1) is 14.4.